The molecule has 2 rings (SSSR count). The molecule has 0 radical (unpaired) electrons. The molecular weight excluding hydrogens is 150 g/mol. The van der Waals surface area contributed by atoms with E-state index < -0.39 is 0 Å². The first kappa shape index (κ1) is 8.24. The Morgan fingerprint density at radius 1 is 1.25 bits per heavy atom. The van der Waals surface area contributed by atoms with Crippen molar-refractivity contribution in [1.29, 1.82) is 0 Å². The molecule has 2 aliphatic heterocycles. The number of aliphatic imine (C=N–C) groups is 1. The Kier molecular flexibility index (Phi) is 2.77. The fourth-order valence-corrected chi connectivity index (χ4v) is 2.12. The Bertz CT molecular complexity index is 161. The van der Waals surface area contributed by atoms with Gasteiger partial charge in [0, 0.05) is 19.1 Å². The molecule has 2 aliphatic rings. The van der Waals surface area contributed by atoms with E-state index in [1.54, 1.807) is 0 Å². The maximum absolute atomic E-state index is 5.74. The van der Waals surface area contributed by atoms with Gasteiger partial charge >= 0.3 is 0 Å². The zero-order valence-corrected chi connectivity index (χ0v) is 7.54. The first-order valence-corrected chi connectivity index (χ1v) is 5.07. The van der Waals surface area contributed by atoms with E-state index in [-0.39, 0.29) is 0 Å². The Hall–Kier alpha value is -0.370. The van der Waals surface area contributed by atoms with E-state index >= 15 is 0 Å². The van der Waals surface area contributed by atoms with Crippen LogP contribution < -0.4 is 0 Å². The van der Waals surface area contributed by atoms with Crippen LogP contribution in [0.25, 0.3) is 0 Å². The summed E-state index contributed by atoms with van der Waals surface area (Å²) in [5, 5.41) is 0. The number of nitrogens with zero attached hydrogens (tertiary/aromatic N) is 1. The van der Waals surface area contributed by atoms with Crippen molar-refractivity contribution >= 4 is 6.21 Å². The number of rotatable bonds is 1. The number of ether oxygens (including phenoxy) is 1. The summed E-state index contributed by atoms with van der Waals surface area (Å²) < 4.78 is 5.74. The molecule has 1 fully saturated rings. The monoisotopic (exact) mass is 167 g/mol. The Labute approximate surface area is 74.0 Å². The standard InChI is InChI=1S/C10H17NO/c1-2-7-12-10(5-1)9-4-3-6-11-8-9/h6,9-10H,1-5,7-8H2. The van der Waals surface area contributed by atoms with Crippen LogP contribution >= 0.6 is 0 Å². The zero-order chi connectivity index (χ0) is 8.23. The molecule has 2 heterocycles. The van der Waals surface area contributed by atoms with E-state index in [1.807, 2.05) is 0 Å². The van der Waals surface area contributed by atoms with Crippen LogP contribution in [0.2, 0.25) is 0 Å². The van der Waals surface area contributed by atoms with Crippen molar-refractivity contribution in [3.8, 4) is 0 Å². The summed E-state index contributed by atoms with van der Waals surface area (Å²) in [4.78, 5) is 4.33. The summed E-state index contributed by atoms with van der Waals surface area (Å²) in [6.07, 6.45) is 8.89. The second-order valence-electron chi connectivity index (χ2n) is 3.79. The second-order valence-corrected chi connectivity index (χ2v) is 3.79. The summed E-state index contributed by atoms with van der Waals surface area (Å²) in [6.45, 7) is 1.98. The zero-order valence-electron chi connectivity index (χ0n) is 7.54. The van der Waals surface area contributed by atoms with Gasteiger partial charge < -0.3 is 4.74 Å². The fraction of sp³-hybridized carbons (Fsp3) is 0.900. The van der Waals surface area contributed by atoms with Gasteiger partial charge in [0.1, 0.15) is 0 Å². The highest BCUT2D eigenvalue weighted by molar-refractivity contribution is 5.57. The molecule has 0 bridgehead atoms. The first-order valence-electron chi connectivity index (χ1n) is 5.07. The molecule has 2 nitrogen and oxygen atoms in total. The van der Waals surface area contributed by atoms with E-state index in [1.165, 1.54) is 25.7 Å². The minimum absolute atomic E-state index is 0.524. The lowest BCUT2D eigenvalue weighted by Crippen LogP contribution is -2.31. The lowest BCUT2D eigenvalue weighted by molar-refractivity contribution is -0.0208. The second kappa shape index (κ2) is 4.04. The van der Waals surface area contributed by atoms with Gasteiger partial charge in [0.2, 0.25) is 0 Å². The Morgan fingerprint density at radius 3 is 2.92 bits per heavy atom. The van der Waals surface area contributed by atoms with Crippen molar-refractivity contribution in [2.45, 2.75) is 38.2 Å². The minimum Gasteiger partial charge on any atom is -0.378 e. The van der Waals surface area contributed by atoms with Crippen LogP contribution in [0.4, 0.5) is 0 Å². The Balaban J connectivity index is 1.85. The van der Waals surface area contributed by atoms with E-state index in [0.717, 1.165) is 25.5 Å². The van der Waals surface area contributed by atoms with Crippen LogP contribution in [0.5, 0.6) is 0 Å². The van der Waals surface area contributed by atoms with E-state index in [4.69, 9.17) is 4.74 Å². The van der Waals surface area contributed by atoms with Crippen LogP contribution in [-0.2, 0) is 4.74 Å². The van der Waals surface area contributed by atoms with Crippen molar-refractivity contribution in [2.75, 3.05) is 13.2 Å². The summed E-state index contributed by atoms with van der Waals surface area (Å²) in [5.41, 5.74) is 0. The van der Waals surface area contributed by atoms with E-state index in [9.17, 15) is 0 Å². The van der Waals surface area contributed by atoms with Crippen LogP contribution in [-0.4, -0.2) is 25.5 Å². The maximum atomic E-state index is 5.74. The Morgan fingerprint density at radius 2 is 2.25 bits per heavy atom. The predicted octanol–water partition coefficient (Wildman–Crippen LogP) is 2.04. The average molecular weight is 167 g/mol. The van der Waals surface area contributed by atoms with Crippen molar-refractivity contribution in [3.63, 3.8) is 0 Å². The largest absolute Gasteiger partial charge is 0.378 e. The fourth-order valence-electron chi connectivity index (χ4n) is 2.12. The van der Waals surface area contributed by atoms with Crippen LogP contribution in [0.3, 0.4) is 0 Å². The maximum Gasteiger partial charge on any atom is 0.0621 e. The molecule has 0 aromatic carbocycles. The highest BCUT2D eigenvalue weighted by atomic mass is 16.5. The predicted molar refractivity (Wildman–Crippen MR) is 49.7 cm³/mol. The lowest BCUT2D eigenvalue weighted by atomic mass is 9.90. The molecule has 0 N–H and O–H groups in total. The quantitative estimate of drug-likeness (QED) is 0.585. The number of hydrogen-bond donors (Lipinski definition) is 0. The smallest absolute Gasteiger partial charge is 0.0621 e. The van der Waals surface area contributed by atoms with Gasteiger partial charge in [0.25, 0.3) is 0 Å². The molecule has 0 aliphatic carbocycles. The molecule has 0 aromatic heterocycles. The van der Waals surface area contributed by atoms with Gasteiger partial charge in [0.15, 0.2) is 0 Å². The van der Waals surface area contributed by atoms with Crippen LogP contribution in [0.15, 0.2) is 4.99 Å². The third kappa shape index (κ3) is 1.86. The molecule has 2 atom stereocenters. The third-order valence-electron chi connectivity index (χ3n) is 2.88. The highest BCUT2D eigenvalue weighted by Gasteiger charge is 2.24. The molecule has 0 amide bonds. The van der Waals surface area contributed by atoms with Gasteiger partial charge in [-0.3, -0.25) is 4.99 Å². The molecule has 12 heavy (non-hydrogen) atoms. The van der Waals surface area contributed by atoms with Gasteiger partial charge in [-0.05, 0) is 38.3 Å². The van der Waals surface area contributed by atoms with Gasteiger partial charge in [-0.15, -0.1) is 0 Å². The van der Waals surface area contributed by atoms with E-state index in [0.29, 0.717) is 6.10 Å². The SMILES string of the molecule is C1=NCC(C2CCCCO2)CC1. The van der Waals surface area contributed by atoms with Gasteiger partial charge in [-0.2, -0.15) is 0 Å². The molecule has 2 unspecified atom stereocenters. The van der Waals surface area contributed by atoms with Crippen LogP contribution in [0, 0.1) is 5.92 Å². The molecular formula is C10H17NO. The summed E-state index contributed by atoms with van der Waals surface area (Å²) in [6, 6.07) is 0. The van der Waals surface area contributed by atoms with E-state index in [2.05, 4.69) is 11.2 Å². The normalized spacial score (nSPS) is 36.7. The molecule has 0 spiro atoms. The number of hydrogen-bond acceptors (Lipinski definition) is 2. The molecule has 68 valence electrons. The van der Waals surface area contributed by atoms with Crippen molar-refractivity contribution in [3.05, 3.63) is 0 Å². The van der Waals surface area contributed by atoms with Crippen molar-refractivity contribution in [1.82, 2.24) is 0 Å². The summed E-state index contributed by atoms with van der Waals surface area (Å²) >= 11 is 0. The topological polar surface area (TPSA) is 21.6 Å². The van der Waals surface area contributed by atoms with Crippen molar-refractivity contribution in [2.24, 2.45) is 10.9 Å². The van der Waals surface area contributed by atoms with Gasteiger partial charge in [-0.25, -0.2) is 0 Å². The first-order chi connectivity index (χ1) is 5.97. The molecule has 1 saturated heterocycles. The van der Waals surface area contributed by atoms with Crippen molar-refractivity contribution < 1.29 is 4.74 Å². The average Bonchev–Trinajstić information content (AvgIpc) is 2.21. The highest BCUT2D eigenvalue weighted by Crippen LogP contribution is 2.25. The molecule has 2 heteroatoms. The van der Waals surface area contributed by atoms with Gasteiger partial charge in [0.05, 0.1) is 6.10 Å². The van der Waals surface area contributed by atoms with Gasteiger partial charge in [-0.1, -0.05) is 0 Å². The minimum atomic E-state index is 0.524. The molecule has 0 saturated carbocycles. The van der Waals surface area contributed by atoms with Crippen LogP contribution in [0.1, 0.15) is 32.1 Å². The lowest BCUT2D eigenvalue weighted by Gasteiger charge is -2.30. The molecule has 0 aromatic rings. The third-order valence-corrected chi connectivity index (χ3v) is 2.88. The summed E-state index contributed by atoms with van der Waals surface area (Å²) in [7, 11) is 0. The summed E-state index contributed by atoms with van der Waals surface area (Å²) in [5.74, 6) is 0.718.